The predicted octanol–water partition coefficient (Wildman–Crippen LogP) is 1.74. The van der Waals surface area contributed by atoms with Gasteiger partial charge in [0.15, 0.2) is 0 Å². The Kier molecular flexibility index (Phi) is 2.96. The number of anilines is 1. The molecule has 0 saturated heterocycles. The standard InChI is InChI=1S/C13H18N4O3/c1-12(2)11(13(12,3)4)16-10(18)7-5-9(14)15-6-8(7)17(19)20/h5-6,11H,1-4H3,(H2,14,15)(H,16,18). The van der Waals surface area contributed by atoms with Crippen molar-refractivity contribution in [2.75, 3.05) is 5.73 Å². The van der Waals surface area contributed by atoms with Crippen molar-refractivity contribution in [2.45, 2.75) is 33.7 Å². The van der Waals surface area contributed by atoms with Crippen molar-refractivity contribution in [3.8, 4) is 0 Å². The van der Waals surface area contributed by atoms with Gasteiger partial charge in [0.1, 0.15) is 17.6 Å². The summed E-state index contributed by atoms with van der Waals surface area (Å²) >= 11 is 0. The van der Waals surface area contributed by atoms with Gasteiger partial charge >= 0.3 is 0 Å². The molecule has 0 unspecified atom stereocenters. The molecule has 1 saturated carbocycles. The van der Waals surface area contributed by atoms with E-state index in [0.717, 1.165) is 6.20 Å². The number of amides is 1. The Labute approximate surface area is 116 Å². The van der Waals surface area contributed by atoms with Gasteiger partial charge in [-0.1, -0.05) is 27.7 Å². The minimum Gasteiger partial charge on any atom is -0.384 e. The first-order valence-corrected chi connectivity index (χ1v) is 6.30. The summed E-state index contributed by atoms with van der Waals surface area (Å²) in [5, 5.41) is 13.8. The molecule has 1 amide bonds. The minimum absolute atomic E-state index is 0.0310. The van der Waals surface area contributed by atoms with Crippen molar-refractivity contribution in [1.29, 1.82) is 0 Å². The first-order chi connectivity index (χ1) is 9.09. The van der Waals surface area contributed by atoms with E-state index >= 15 is 0 Å². The van der Waals surface area contributed by atoms with E-state index in [1.807, 2.05) is 27.7 Å². The second kappa shape index (κ2) is 4.16. The maximum Gasteiger partial charge on any atom is 0.300 e. The molecule has 1 aromatic heterocycles. The van der Waals surface area contributed by atoms with E-state index in [0.29, 0.717) is 0 Å². The van der Waals surface area contributed by atoms with E-state index in [1.54, 1.807) is 0 Å². The average Bonchev–Trinajstić information content (AvgIpc) is 2.71. The summed E-state index contributed by atoms with van der Waals surface area (Å²) in [4.78, 5) is 26.2. The maximum absolute atomic E-state index is 12.2. The molecule has 108 valence electrons. The van der Waals surface area contributed by atoms with E-state index < -0.39 is 10.8 Å². The molecule has 0 radical (unpaired) electrons. The monoisotopic (exact) mass is 278 g/mol. The van der Waals surface area contributed by atoms with Crippen LogP contribution in [0, 0.1) is 20.9 Å². The summed E-state index contributed by atoms with van der Waals surface area (Å²) in [5.74, 6) is -0.412. The lowest BCUT2D eigenvalue weighted by Crippen LogP contribution is -2.30. The van der Waals surface area contributed by atoms with Crippen LogP contribution in [0.3, 0.4) is 0 Å². The molecular weight excluding hydrogens is 260 g/mol. The van der Waals surface area contributed by atoms with Crippen molar-refractivity contribution in [3.63, 3.8) is 0 Å². The van der Waals surface area contributed by atoms with Crippen LogP contribution in [0.5, 0.6) is 0 Å². The second-order valence-corrected chi connectivity index (χ2v) is 6.23. The fraction of sp³-hybridized carbons (Fsp3) is 0.538. The Morgan fingerprint density at radius 2 is 1.95 bits per heavy atom. The van der Waals surface area contributed by atoms with E-state index in [4.69, 9.17) is 5.73 Å². The summed E-state index contributed by atoms with van der Waals surface area (Å²) < 4.78 is 0. The molecule has 1 aliphatic rings. The number of hydrogen-bond acceptors (Lipinski definition) is 5. The van der Waals surface area contributed by atoms with Crippen LogP contribution in [0.2, 0.25) is 0 Å². The molecule has 0 spiro atoms. The number of carbonyl (C=O) groups excluding carboxylic acids is 1. The number of nitrogens with two attached hydrogens (primary N) is 1. The number of nitrogens with zero attached hydrogens (tertiary/aromatic N) is 2. The van der Waals surface area contributed by atoms with Gasteiger partial charge in [-0.25, -0.2) is 4.98 Å². The van der Waals surface area contributed by atoms with E-state index in [9.17, 15) is 14.9 Å². The van der Waals surface area contributed by atoms with Gasteiger partial charge in [0.25, 0.3) is 11.6 Å². The molecule has 1 aromatic rings. The third kappa shape index (κ3) is 1.99. The third-order valence-electron chi connectivity index (χ3n) is 4.64. The third-order valence-corrected chi connectivity index (χ3v) is 4.64. The molecule has 2 rings (SSSR count). The number of carbonyl (C=O) groups is 1. The highest BCUT2D eigenvalue weighted by Gasteiger charge is 2.65. The topological polar surface area (TPSA) is 111 Å². The van der Waals surface area contributed by atoms with Crippen molar-refractivity contribution in [3.05, 3.63) is 27.9 Å². The summed E-state index contributed by atoms with van der Waals surface area (Å²) in [7, 11) is 0. The van der Waals surface area contributed by atoms with Gasteiger partial charge in [0.05, 0.1) is 4.92 Å². The Morgan fingerprint density at radius 3 is 2.40 bits per heavy atom. The Bertz CT molecular complexity index is 581. The van der Waals surface area contributed by atoms with Crippen LogP contribution in [0.25, 0.3) is 0 Å². The highest BCUT2D eigenvalue weighted by molar-refractivity contribution is 5.99. The summed E-state index contributed by atoms with van der Waals surface area (Å²) in [5.41, 5.74) is 5.02. The van der Waals surface area contributed by atoms with Crippen LogP contribution in [0.4, 0.5) is 11.5 Å². The number of aromatic nitrogens is 1. The lowest BCUT2D eigenvalue weighted by Gasteiger charge is -2.07. The van der Waals surface area contributed by atoms with E-state index in [2.05, 4.69) is 10.3 Å². The Balaban J connectivity index is 2.27. The Morgan fingerprint density at radius 1 is 1.40 bits per heavy atom. The van der Waals surface area contributed by atoms with Gasteiger partial charge in [-0.15, -0.1) is 0 Å². The zero-order chi connectivity index (χ0) is 15.3. The molecule has 0 aliphatic heterocycles. The van der Waals surface area contributed by atoms with Gasteiger partial charge in [-0.05, 0) is 16.9 Å². The first kappa shape index (κ1) is 14.2. The van der Waals surface area contributed by atoms with Crippen LogP contribution in [-0.4, -0.2) is 21.9 Å². The summed E-state index contributed by atoms with van der Waals surface area (Å²) in [6.07, 6.45) is 1.01. The van der Waals surface area contributed by atoms with Gasteiger partial charge < -0.3 is 11.1 Å². The quantitative estimate of drug-likeness (QED) is 0.646. The molecule has 1 fully saturated rings. The molecule has 0 aromatic carbocycles. The summed E-state index contributed by atoms with van der Waals surface area (Å²) in [6, 6.07) is 1.20. The van der Waals surface area contributed by atoms with Gasteiger partial charge in [-0.2, -0.15) is 0 Å². The highest BCUT2D eigenvalue weighted by atomic mass is 16.6. The molecule has 0 bridgehead atoms. The SMILES string of the molecule is CC1(C)C(NC(=O)c2cc(N)ncc2[N+](=O)[O-])C1(C)C. The Hall–Kier alpha value is -2.18. The molecule has 7 heteroatoms. The van der Waals surface area contributed by atoms with E-state index in [1.165, 1.54) is 6.07 Å². The number of nitro groups is 1. The molecule has 1 aliphatic carbocycles. The van der Waals surface area contributed by atoms with Crippen LogP contribution < -0.4 is 11.1 Å². The zero-order valence-corrected chi connectivity index (χ0v) is 11.9. The number of pyridine rings is 1. The largest absolute Gasteiger partial charge is 0.384 e. The van der Waals surface area contributed by atoms with Crippen LogP contribution in [0.1, 0.15) is 38.1 Å². The van der Waals surface area contributed by atoms with E-state index in [-0.39, 0.29) is 33.9 Å². The molecule has 0 atom stereocenters. The second-order valence-electron chi connectivity index (χ2n) is 6.23. The van der Waals surface area contributed by atoms with Crippen LogP contribution in [0.15, 0.2) is 12.3 Å². The molecule has 20 heavy (non-hydrogen) atoms. The predicted molar refractivity (Wildman–Crippen MR) is 74.1 cm³/mol. The van der Waals surface area contributed by atoms with Crippen LogP contribution >= 0.6 is 0 Å². The van der Waals surface area contributed by atoms with Crippen molar-refractivity contribution < 1.29 is 9.72 Å². The molecule has 1 heterocycles. The smallest absolute Gasteiger partial charge is 0.300 e. The minimum atomic E-state index is -0.634. The average molecular weight is 278 g/mol. The van der Waals surface area contributed by atoms with Gasteiger partial charge in [0, 0.05) is 6.04 Å². The molecule has 7 nitrogen and oxygen atoms in total. The van der Waals surface area contributed by atoms with Crippen molar-refractivity contribution in [1.82, 2.24) is 10.3 Å². The zero-order valence-electron chi connectivity index (χ0n) is 11.9. The molecular formula is C13H18N4O3. The normalized spacial score (nSPS) is 19.4. The fourth-order valence-corrected chi connectivity index (χ4v) is 2.56. The van der Waals surface area contributed by atoms with Crippen molar-refractivity contribution in [2.24, 2.45) is 10.8 Å². The highest BCUT2D eigenvalue weighted by Crippen LogP contribution is 2.62. The number of hydrogen-bond donors (Lipinski definition) is 2. The lowest BCUT2D eigenvalue weighted by atomic mass is 10.0. The maximum atomic E-state index is 12.2. The number of nitrogens with one attached hydrogen (secondary N) is 1. The first-order valence-electron chi connectivity index (χ1n) is 6.30. The van der Waals surface area contributed by atoms with Gasteiger partial charge in [-0.3, -0.25) is 14.9 Å². The van der Waals surface area contributed by atoms with Crippen LogP contribution in [-0.2, 0) is 0 Å². The van der Waals surface area contributed by atoms with Crippen molar-refractivity contribution >= 4 is 17.4 Å². The molecule has 3 N–H and O–H groups in total. The lowest BCUT2D eigenvalue weighted by molar-refractivity contribution is -0.385. The summed E-state index contributed by atoms with van der Waals surface area (Å²) in [6.45, 7) is 8.20. The fourth-order valence-electron chi connectivity index (χ4n) is 2.56. The van der Waals surface area contributed by atoms with Gasteiger partial charge in [0.2, 0.25) is 0 Å². The number of nitrogen functional groups attached to an aromatic ring is 1. The number of rotatable bonds is 3.